The van der Waals surface area contributed by atoms with Gasteiger partial charge < -0.3 is 5.32 Å². The van der Waals surface area contributed by atoms with Crippen molar-refractivity contribution in [3.05, 3.63) is 23.4 Å². The third-order valence-electron chi connectivity index (χ3n) is 2.59. The smallest absolute Gasteiger partial charge is 0.181 e. The molecule has 0 atom stereocenters. The number of hydrogen-bond acceptors (Lipinski definition) is 7. The predicted octanol–water partition coefficient (Wildman–Crippen LogP) is 3.61. The summed E-state index contributed by atoms with van der Waals surface area (Å²) >= 11 is 4.82. The summed E-state index contributed by atoms with van der Waals surface area (Å²) in [5, 5.41) is 12.7. The predicted molar refractivity (Wildman–Crippen MR) is 86.8 cm³/mol. The molecule has 0 fully saturated rings. The number of rotatable bonds is 7. The molecule has 0 unspecified atom stereocenters. The van der Waals surface area contributed by atoms with Crippen molar-refractivity contribution in [1.82, 2.24) is 20.5 Å². The standard InChI is InChI=1S/C13H18N4S3/c1-4-5-14-7-10-6-9(2)11(15-8-10)19-13-17-16-12(18-3)20-13/h6,8,14H,4-5,7H2,1-3H3. The van der Waals surface area contributed by atoms with Crippen LogP contribution in [-0.4, -0.2) is 28.0 Å². The SMILES string of the molecule is CCCNCc1cnc(Sc2nnc(SC)s2)c(C)c1. The van der Waals surface area contributed by atoms with Crippen molar-refractivity contribution in [2.45, 2.75) is 40.5 Å². The quantitative estimate of drug-likeness (QED) is 0.619. The van der Waals surface area contributed by atoms with Crippen LogP contribution in [0.3, 0.4) is 0 Å². The number of hydrogen-bond donors (Lipinski definition) is 1. The Hall–Kier alpha value is -0.630. The van der Waals surface area contributed by atoms with Crippen LogP contribution in [0.1, 0.15) is 24.5 Å². The summed E-state index contributed by atoms with van der Waals surface area (Å²) in [4.78, 5) is 4.54. The molecule has 1 N–H and O–H groups in total. The fourth-order valence-corrected chi connectivity index (χ4v) is 4.01. The first-order chi connectivity index (χ1) is 9.72. The van der Waals surface area contributed by atoms with Gasteiger partial charge in [-0.2, -0.15) is 0 Å². The minimum Gasteiger partial charge on any atom is -0.313 e. The first kappa shape index (κ1) is 15.8. The van der Waals surface area contributed by atoms with Gasteiger partial charge in [-0.25, -0.2) is 4.98 Å². The molecule has 20 heavy (non-hydrogen) atoms. The molecule has 2 aromatic heterocycles. The van der Waals surface area contributed by atoms with Crippen LogP contribution in [0.2, 0.25) is 0 Å². The second-order valence-electron chi connectivity index (χ2n) is 4.28. The zero-order valence-corrected chi connectivity index (χ0v) is 14.3. The van der Waals surface area contributed by atoms with Crippen molar-refractivity contribution in [2.24, 2.45) is 0 Å². The zero-order valence-electron chi connectivity index (χ0n) is 11.8. The number of aryl methyl sites for hydroxylation is 1. The lowest BCUT2D eigenvalue weighted by atomic mass is 10.2. The van der Waals surface area contributed by atoms with Crippen LogP contribution in [0.25, 0.3) is 0 Å². The van der Waals surface area contributed by atoms with E-state index in [1.807, 2.05) is 12.5 Å². The van der Waals surface area contributed by atoms with Crippen LogP contribution >= 0.6 is 34.9 Å². The Morgan fingerprint density at radius 1 is 1.30 bits per heavy atom. The van der Waals surface area contributed by atoms with Crippen molar-refractivity contribution in [1.29, 1.82) is 0 Å². The molecule has 0 aliphatic rings. The Morgan fingerprint density at radius 3 is 2.75 bits per heavy atom. The zero-order chi connectivity index (χ0) is 14.4. The molecular weight excluding hydrogens is 308 g/mol. The number of pyridine rings is 1. The van der Waals surface area contributed by atoms with Crippen LogP contribution in [0.15, 0.2) is 26.0 Å². The van der Waals surface area contributed by atoms with Gasteiger partial charge in [-0.1, -0.05) is 36.1 Å². The molecule has 0 bridgehead atoms. The fourth-order valence-electron chi connectivity index (χ4n) is 1.64. The van der Waals surface area contributed by atoms with Gasteiger partial charge in [-0.3, -0.25) is 0 Å². The molecule has 0 aromatic carbocycles. The van der Waals surface area contributed by atoms with Gasteiger partial charge in [0.05, 0.1) is 0 Å². The van der Waals surface area contributed by atoms with E-state index >= 15 is 0 Å². The second-order valence-corrected chi connectivity index (χ2v) is 7.55. The molecule has 4 nitrogen and oxygen atoms in total. The Balaban J connectivity index is 2.01. The topological polar surface area (TPSA) is 50.7 Å². The molecular formula is C13H18N4S3. The molecule has 108 valence electrons. The van der Waals surface area contributed by atoms with E-state index in [2.05, 4.69) is 40.4 Å². The molecule has 0 amide bonds. The molecule has 2 heterocycles. The molecule has 0 saturated heterocycles. The number of nitrogens with zero attached hydrogens (tertiary/aromatic N) is 3. The van der Waals surface area contributed by atoms with Gasteiger partial charge in [0.2, 0.25) is 0 Å². The summed E-state index contributed by atoms with van der Waals surface area (Å²) in [5.74, 6) is 0. The Kier molecular flexibility index (Phi) is 6.28. The first-order valence-electron chi connectivity index (χ1n) is 6.44. The van der Waals surface area contributed by atoms with E-state index < -0.39 is 0 Å². The van der Waals surface area contributed by atoms with E-state index in [0.29, 0.717) is 0 Å². The minimum absolute atomic E-state index is 0.877. The molecule has 2 rings (SSSR count). The molecule has 0 aliphatic heterocycles. The molecule has 0 spiro atoms. The van der Waals surface area contributed by atoms with Crippen LogP contribution in [0.5, 0.6) is 0 Å². The van der Waals surface area contributed by atoms with Crippen LogP contribution in [0.4, 0.5) is 0 Å². The van der Waals surface area contributed by atoms with E-state index in [1.165, 1.54) is 11.1 Å². The average Bonchev–Trinajstić information content (AvgIpc) is 2.90. The van der Waals surface area contributed by atoms with E-state index in [-0.39, 0.29) is 0 Å². The molecule has 0 saturated carbocycles. The van der Waals surface area contributed by atoms with Gasteiger partial charge in [-0.15, -0.1) is 10.2 Å². The fraction of sp³-hybridized carbons (Fsp3) is 0.462. The van der Waals surface area contributed by atoms with Gasteiger partial charge in [-0.05, 0) is 49.0 Å². The van der Waals surface area contributed by atoms with Gasteiger partial charge in [0.1, 0.15) is 5.03 Å². The molecule has 7 heteroatoms. The first-order valence-corrected chi connectivity index (χ1v) is 9.30. The van der Waals surface area contributed by atoms with Crippen molar-refractivity contribution in [3.8, 4) is 0 Å². The lowest BCUT2D eigenvalue weighted by Gasteiger charge is -2.06. The van der Waals surface area contributed by atoms with Crippen molar-refractivity contribution < 1.29 is 0 Å². The van der Waals surface area contributed by atoms with E-state index in [1.54, 1.807) is 34.9 Å². The van der Waals surface area contributed by atoms with Crippen molar-refractivity contribution in [3.63, 3.8) is 0 Å². The van der Waals surface area contributed by atoms with E-state index in [0.717, 1.165) is 33.2 Å². The average molecular weight is 327 g/mol. The summed E-state index contributed by atoms with van der Waals surface area (Å²) in [7, 11) is 0. The summed E-state index contributed by atoms with van der Waals surface area (Å²) in [6.07, 6.45) is 5.10. The second kappa shape index (κ2) is 7.97. The lowest BCUT2D eigenvalue weighted by Crippen LogP contribution is -2.14. The van der Waals surface area contributed by atoms with Gasteiger partial charge >= 0.3 is 0 Å². The highest BCUT2D eigenvalue weighted by molar-refractivity contribution is 8.03. The summed E-state index contributed by atoms with van der Waals surface area (Å²) in [5.41, 5.74) is 2.41. The largest absolute Gasteiger partial charge is 0.313 e. The Morgan fingerprint density at radius 2 is 2.10 bits per heavy atom. The highest BCUT2D eigenvalue weighted by Crippen LogP contribution is 2.33. The minimum atomic E-state index is 0.877. The number of nitrogens with one attached hydrogen (secondary N) is 1. The van der Waals surface area contributed by atoms with Crippen LogP contribution in [0, 0.1) is 6.92 Å². The van der Waals surface area contributed by atoms with Gasteiger partial charge in [0, 0.05) is 12.7 Å². The Labute approximate surface area is 132 Å². The Bertz CT molecular complexity index is 556. The number of thioether (sulfide) groups is 1. The molecule has 2 aromatic rings. The third-order valence-corrected chi connectivity index (χ3v) is 5.66. The van der Waals surface area contributed by atoms with Crippen molar-refractivity contribution >= 4 is 34.9 Å². The summed E-state index contributed by atoms with van der Waals surface area (Å²) < 4.78 is 1.94. The maximum atomic E-state index is 4.54. The van der Waals surface area contributed by atoms with E-state index in [9.17, 15) is 0 Å². The summed E-state index contributed by atoms with van der Waals surface area (Å²) in [6, 6.07) is 2.19. The van der Waals surface area contributed by atoms with Gasteiger partial charge in [0.15, 0.2) is 8.68 Å². The van der Waals surface area contributed by atoms with Crippen molar-refractivity contribution in [2.75, 3.05) is 12.8 Å². The molecule has 0 radical (unpaired) electrons. The normalized spacial score (nSPS) is 10.9. The number of aromatic nitrogens is 3. The van der Waals surface area contributed by atoms with Crippen LogP contribution in [-0.2, 0) is 6.54 Å². The highest BCUT2D eigenvalue weighted by Gasteiger charge is 2.09. The van der Waals surface area contributed by atoms with Crippen LogP contribution < -0.4 is 5.32 Å². The maximum Gasteiger partial charge on any atom is 0.181 e. The monoisotopic (exact) mass is 326 g/mol. The maximum absolute atomic E-state index is 4.54. The molecule has 0 aliphatic carbocycles. The summed E-state index contributed by atoms with van der Waals surface area (Å²) in [6.45, 7) is 6.18. The van der Waals surface area contributed by atoms with Gasteiger partial charge in [0.25, 0.3) is 0 Å². The third kappa shape index (κ3) is 4.44. The highest BCUT2D eigenvalue weighted by atomic mass is 32.2. The van der Waals surface area contributed by atoms with E-state index in [4.69, 9.17) is 0 Å². The lowest BCUT2D eigenvalue weighted by molar-refractivity contribution is 0.672.